The van der Waals surface area contributed by atoms with Crippen molar-refractivity contribution in [1.29, 1.82) is 0 Å². The number of guanidine groups is 1. The van der Waals surface area contributed by atoms with Gasteiger partial charge in [0.25, 0.3) is 0 Å². The van der Waals surface area contributed by atoms with Gasteiger partial charge >= 0.3 is 0 Å². The number of nitrogens with one attached hydrogen (secondary N) is 1. The monoisotopic (exact) mass is 310 g/mol. The van der Waals surface area contributed by atoms with Crippen LogP contribution >= 0.6 is 0 Å². The van der Waals surface area contributed by atoms with Crippen LogP contribution in [-0.2, 0) is 0 Å². The van der Waals surface area contributed by atoms with Crippen molar-refractivity contribution in [3.05, 3.63) is 0 Å². The van der Waals surface area contributed by atoms with Crippen molar-refractivity contribution in [1.82, 2.24) is 15.1 Å². The smallest absolute Gasteiger partial charge is 0.194 e. The minimum atomic E-state index is -0.527. The van der Waals surface area contributed by atoms with Crippen molar-refractivity contribution >= 4 is 5.96 Å². The highest BCUT2D eigenvalue weighted by molar-refractivity contribution is 5.80. The van der Waals surface area contributed by atoms with Crippen molar-refractivity contribution < 1.29 is 5.11 Å². The molecule has 22 heavy (non-hydrogen) atoms. The number of likely N-dealkylation sites (tertiary alicyclic amines) is 1. The molecule has 5 nitrogen and oxygen atoms in total. The Morgan fingerprint density at radius 2 is 2.05 bits per heavy atom. The highest BCUT2D eigenvalue weighted by Crippen LogP contribution is 2.31. The minimum Gasteiger partial charge on any atom is -0.388 e. The molecule has 1 heterocycles. The first-order valence-corrected chi connectivity index (χ1v) is 9.08. The van der Waals surface area contributed by atoms with Crippen LogP contribution in [0.2, 0.25) is 0 Å². The molecule has 0 bridgehead atoms. The fourth-order valence-corrected chi connectivity index (χ4v) is 3.41. The second-order valence-electron chi connectivity index (χ2n) is 6.83. The summed E-state index contributed by atoms with van der Waals surface area (Å²) in [5, 5.41) is 13.6. The summed E-state index contributed by atoms with van der Waals surface area (Å²) in [6.07, 6.45) is 4.18. The molecular weight excluding hydrogens is 276 g/mol. The average molecular weight is 310 g/mol. The molecular formula is C17H34N4O. The number of hydrogen-bond donors (Lipinski definition) is 2. The van der Waals surface area contributed by atoms with Gasteiger partial charge < -0.3 is 20.2 Å². The first-order valence-electron chi connectivity index (χ1n) is 9.08. The van der Waals surface area contributed by atoms with Crippen LogP contribution in [-0.4, -0.2) is 72.3 Å². The van der Waals surface area contributed by atoms with E-state index < -0.39 is 5.60 Å². The van der Waals surface area contributed by atoms with Gasteiger partial charge in [0.05, 0.1) is 12.1 Å². The second kappa shape index (κ2) is 8.16. The van der Waals surface area contributed by atoms with Crippen molar-refractivity contribution in [3.8, 4) is 0 Å². The molecule has 2 rings (SSSR count). The maximum absolute atomic E-state index is 10.2. The van der Waals surface area contributed by atoms with Crippen LogP contribution in [0.3, 0.4) is 0 Å². The Balaban J connectivity index is 1.88. The van der Waals surface area contributed by atoms with Crippen LogP contribution in [0.5, 0.6) is 0 Å². The Bertz CT molecular complexity index is 364. The molecule has 128 valence electrons. The van der Waals surface area contributed by atoms with E-state index in [-0.39, 0.29) is 0 Å². The van der Waals surface area contributed by atoms with Gasteiger partial charge in [-0.1, -0.05) is 13.8 Å². The first kappa shape index (κ1) is 17.5. The number of aliphatic hydroxyl groups is 1. The zero-order chi connectivity index (χ0) is 16.0. The summed E-state index contributed by atoms with van der Waals surface area (Å²) in [4.78, 5) is 9.59. The molecule has 1 saturated heterocycles. The van der Waals surface area contributed by atoms with Crippen molar-refractivity contribution in [2.24, 2.45) is 10.9 Å². The number of hydrogen-bond acceptors (Lipinski definition) is 3. The Hall–Kier alpha value is -0.810. The van der Waals surface area contributed by atoms with Gasteiger partial charge in [0.15, 0.2) is 5.96 Å². The lowest BCUT2D eigenvalue weighted by atomic mass is 9.80. The molecule has 5 heteroatoms. The standard InChI is InChI=1S/C17H34N4O/c1-4-18-16(19-14-17(22)9-7-10-17)21-11-8-15(13-21)12-20(5-2)6-3/h15,22H,4-14H2,1-3H3,(H,18,19). The Morgan fingerprint density at radius 3 is 2.59 bits per heavy atom. The van der Waals surface area contributed by atoms with Gasteiger partial charge in [-0.25, -0.2) is 0 Å². The molecule has 1 unspecified atom stereocenters. The van der Waals surface area contributed by atoms with Crippen molar-refractivity contribution in [2.45, 2.75) is 52.1 Å². The van der Waals surface area contributed by atoms with Crippen LogP contribution in [0.25, 0.3) is 0 Å². The summed E-state index contributed by atoms with van der Waals surface area (Å²) >= 11 is 0. The van der Waals surface area contributed by atoms with Crippen LogP contribution in [0.1, 0.15) is 46.5 Å². The highest BCUT2D eigenvalue weighted by atomic mass is 16.3. The number of rotatable bonds is 7. The fraction of sp³-hybridized carbons (Fsp3) is 0.941. The molecule has 0 aromatic carbocycles. The van der Waals surface area contributed by atoms with Gasteiger partial charge in [-0.15, -0.1) is 0 Å². The Labute approximate surface area is 135 Å². The third-order valence-electron chi connectivity index (χ3n) is 5.14. The van der Waals surface area contributed by atoms with E-state index in [0.717, 1.165) is 63.9 Å². The Morgan fingerprint density at radius 1 is 1.32 bits per heavy atom. The van der Waals surface area contributed by atoms with Gasteiger partial charge in [-0.2, -0.15) is 0 Å². The molecule has 0 amide bonds. The largest absolute Gasteiger partial charge is 0.388 e. The van der Waals surface area contributed by atoms with E-state index in [1.54, 1.807) is 0 Å². The van der Waals surface area contributed by atoms with E-state index in [0.29, 0.717) is 6.54 Å². The summed E-state index contributed by atoms with van der Waals surface area (Å²) < 4.78 is 0. The molecule has 2 aliphatic rings. The van der Waals surface area contributed by atoms with Crippen LogP contribution in [0, 0.1) is 5.92 Å². The zero-order valence-electron chi connectivity index (χ0n) is 14.6. The van der Waals surface area contributed by atoms with Crippen LogP contribution in [0.15, 0.2) is 4.99 Å². The third kappa shape index (κ3) is 4.59. The van der Waals surface area contributed by atoms with Gasteiger partial charge in [0.2, 0.25) is 0 Å². The van der Waals surface area contributed by atoms with Crippen molar-refractivity contribution in [3.63, 3.8) is 0 Å². The predicted molar refractivity (Wildman–Crippen MR) is 92.2 cm³/mol. The SMILES string of the molecule is CCNC(=NCC1(O)CCC1)N1CCC(CN(CC)CC)C1. The third-order valence-corrected chi connectivity index (χ3v) is 5.14. The molecule has 1 aliphatic carbocycles. The molecule has 0 radical (unpaired) electrons. The molecule has 1 atom stereocenters. The second-order valence-corrected chi connectivity index (χ2v) is 6.83. The van der Waals surface area contributed by atoms with E-state index in [1.165, 1.54) is 13.0 Å². The maximum Gasteiger partial charge on any atom is 0.194 e. The average Bonchev–Trinajstić information content (AvgIpc) is 2.95. The molecule has 2 fully saturated rings. The van der Waals surface area contributed by atoms with E-state index in [2.05, 4.69) is 35.9 Å². The minimum absolute atomic E-state index is 0.527. The Kier molecular flexibility index (Phi) is 6.50. The number of aliphatic imine (C=N–C) groups is 1. The lowest BCUT2D eigenvalue weighted by Gasteiger charge is -2.35. The summed E-state index contributed by atoms with van der Waals surface area (Å²) in [5.41, 5.74) is -0.527. The zero-order valence-corrected chi connectivity index (χ0v) is 14.6. The van der Waals surface area contributed by atoms with E-state index >= 15 is 0 Å². The lowest BCUT2D eigenvalue weighted by Crippen LogP contribution is -2.44. The van der Waals surface area contributed by atoms with E-state index in [9.17, 15) is 5.11 Å². The van der Waals surface area contributed by atoms with Gasteiger partial charge in [-0.05, 0) is 51.6 Å². The van der Waals surface area contributed by atoms with Gasteiger partial charge in [0.1, 0.15) is 0 Å². The van der Waals surface area contributed by atoms with Crippen LogP contribution < -0.4 is 5.32 Å². The molecule has 0 spiro atoms. The molecule has 0 aromatic heterocycles. The maximum atomic E-state index is 10.2. The summed E-state index contributed by atoms with van der Waals surface area (Å²) in [6, 6.07) is 0. The molecule has 1 aliphatic heterocycles. The first-order chi connectivity index (χ1) is 10.6. The van der Waals surface area contributed by atoms with E-state index in [4.69, 9.17) is 4.99 Å². The summed E-state index contributed by atoms with van der Waals surface area (Å²) in [7, 11) is 0. The number of nitrogens with zero attached hydrogens (tertiary/aromatic N) is 3. The van der Waals surface area contributed by atoms with Crippen LogP contribution in [0.4, 0.5) is 0 Å². The molecule has 1 saturated carbocycles. The molecule has 2 N–H and O–H groups in total. The summed E-state index contributed by atoms with van der Waals surface area (Å²) in [6.45, 7) is 13.6. The predicted octanol–water partition coefficient (Wildman–Crippen LogP) is 1.53. The topological polar surface area (TPSA) is 51.1 Å². The normalized spacial score (nSPS) is 24.7. The lowest BCUT2D eigenvalue weighted by molar-refractivity contribution is -0.0237. The molecule has 0 aromatic rings. The fourth-order valence-electron chi connectivity index (χ4n) is 3.41. The highest BCUT2D eigenvalue weighted by Gasteiger charge is 2.34. The van der Waals surface area contributed by atoms with Gasteiger partial charge in [-0.3, -0.25) is 4.99 Å². The summed E-state index contributed by atoms with van der Waals surface area (Å²) in [5.74, 6) is 1.72. The quantitative estimate of drug-likeness (QED) is 0.553. The van der Waals surface area contributed by atoms with Crippen molar-refractivity contribution in [2.75, 3.05) is 45.8 Å². The van der Waals surface area contributed by atoms with Gasteiger partial charge in [0, 0.05) is 26.2 Å². The van der Waals surface area contributed by atoms with E-state index in [1.807, 2.05) is 0 Å².